The van der Waals surface area contributed by atoms with Gasteiger partial charge in [0.1, 0.15) is 30.9 Å². The summed E-state index contributed by atoms with van der Waals surface area (Å²) in [6.45, 7) is 5.44. The molecular formula is C75H90Cl3F7N8O8. The Labute approximate surface area is 604 Å². The van der Waals surface area contributed by atoms with Gasteiger partial charge in [0, 0.05) is 102 Å². The van der Waals surface area contributed by atoms with Gasteiger partial charge in [-0.25, -0.2) is 9.18 Å². The molecule has 3 aliphatic heterocycles. The molecule has 101 heavy (non-hydrogen) atoms. The Morgan fingerprint density at radius 3 is 1.93 bits per heavy atom. The number of hydrogen-bond acceptors (Lipinski definition) is 11. The standard InChI is InChI=1S/C75H87F7N8O8.3ClH/c1-85(68(92)45-53-22-28-61(29-23-53)83-35-13-5-8-21-67(91)87(3)43-44-88-38-30-62(31-39-88)98-71(95)84-65-20-12-10-18-63(65)54-15-6-4-7-16-54)36-14-37-86(2)69(93)50-96-66-48-55-17-9-11-19-64(55)72(66)32-40-89(41-33-72)42-34-73(57-24-26-60(76)27-25-57)51-90(52-97-73)70(94)56-46-58(74(77,78)79)49-59(47-56)75(80,81)82;;;/h4,6-7,9-12,15-20,22-29,46-47,49,62,66,83H,5,8,13-14,21,30-45,48,50-52H2,1-3H3,(H,84,95);3*1H/t66-,73-;;;/m0.../s1. The monoisotopic (exact) mass is 1470 g/mol. The molecule has 16 nitrogen and oxygen atoms in total. The topological polar surface area (TPSA) is 157 Å². The molecule has 6 aromatic rings. The Balaban J connectivity index is 0.00000477. The summed E-state index contributed by atoms with van der Waals surface area (Å²) < 4.78 is 116. The van der Waals surface area contributed by atoms with Crippen molar-refractivity contribution in [2.75, 3.05) is 117 Å². The quantitative estimate of drug-likeness (QED) is 0.0374. The summed E-state index contributed by atoms with van der Waals surface area (Å²) in [5.74, 6) is -1.70. The predicted molar refractivity (Wildman–Crippen MR) is 381 cm³/mol. The molecule has 0 radical (unpaired) electrons. The number of para-hydroxylation sites is 1. The van der Waals surface area contributed by atoms with E-state index in [1.807, 2.05) is 98.0 Å². The highest BCUT2D eigenvalue weighted by Crippen LogP contribution is 2.49. The van der Waals surface area contributed by atoms with E-state index in [-0.39, 0.29) is 99.2 Å². The van der Waals surface area contributed by atoms with Crippen LogP contribution in [0.4, 0.5) is 46.9 Å². The lowest BCUT2D eigenvalue weighted by molar-refractivity contribution is -0.143. The average molecular weight is 1470 g/mol. The molecule has 3 saturated heterocycles. The predicted octanol–water partition coefficient (Wildman–Crippen LogP) is 14.2. The average Bonchev–Trinajstić information content (AvgIpc) is 1.60. The highest BCUT2D eigenvalue weighted by Gasteiger charge is 2.50. The van der Waals surface area contributed by atoms with Gasteiger partial charge in [-0.3, -0.25) is 24.5 Å². The number of carbonyl (C=O) groups is 5. The second-order valence-corrected chi connectivity index (χ2v) is 26.4. The van der Waals surface area contributed by atoms with Crippen LogP contribution in [0.1, 0.15) is 108 Å². The van der Waals surface area contributed by atoms with E-state index in [4.69, 9.17) is 14.2 Å². The molecule has 2 atom stereocenters. The van der Waals surface area contributed by atoms with E-state index in [9.17, 15) is 54.7 Å². The first kappa shape index (κ1) is 80.8. The lowest BCUT2D eigenvalue weighted by Gasteiger charge is -2.44. The van der Waals surface area contributed by atoms with E-state index < -0.39 is 64.6 Å². The summed E-state index contributed by atoms with van der Waals surface area (Å²) in [5, 5.41) is 6.38. The van der Waals surface area contributed by atoms with Crippen LogP contribution in [-0.2, 0) is 64.8 Å². The van der Waals surface area contributed by atoms with E-state index in [1.54, 1.807) is 28.8 Å². The van der Waals surface area contributed by atoms with Gasteiger partial charge >= 0.3 is 18.4 Å². The van der Waals surface area contributed by atoms with Crippen LogP contribution in [0, 0.1) is 5.82 Å². The maximum absolute atomic E-state index is 14.2. The van der Waals surface area contributed by atoms with E-state index >= 15 is 0 Å². The van der Waals surface area contributed by atoms with Crippen molar-refractivity contribution in [2.24, 2.45) is 0 Å². The first-order chi connectivity index (χ1) is 46.9. The van der Waals surface area contributed by atoms with E-state index in [0.717, 1.165) is 91.1 Å². The summed E-state index contributed by atoms with van der Waals surface area (Å²) in [4.78, 5) is 77.3. The van der Waals surface area contributed by atoms with E-state index in [2.05, 4.69) is 32.6 Å². The number of likely N-dealkylation sites (N-methyl/N-ethyl adjacent to an activating group) is 3. The zero-order valence-corrected chi connectivity index (χ0v) is 59.5. The Bertz CT molecular complexity index is 3670. The van der Waals surface area contributed by atoms with Gasteiger partial charge in [0.25, 0.3) is 5.91 Å². The van der Waals surface area contributed by atoms with Gasteiger partial charge in [-0.1, -0.05) is 103 Å². The molecule has 26 heteroatoms. The fourth-order valence-corrected chi connectivity index (χ4v) is 13.8. The van der Waals surface area contributed by atoms with Gasteiger partial charge in [-0.05, 0) is 147 Å². The molecule has 548 valence electrons. The molecule has 0 aromatic heterocycles. The number of benzene rings is 6. The van der Waals surface area contributed by atoms with Crippen molar-refractivity contribution >= 4 is 78.3 Å². The van der Waals surface area contributed by atoms with Crippen LogP contribution in [0.15, 0.2) is 146 Å². The number of unbranched alkanes of at least 4 members (excludes halogenated alkanes) is 2. The van der Waals surface area contributed by atoms with Crippen molar-refractivity contribution in [1.29, 1.82) is 0 Å². The second-order valence-electron chi connectivity index (χ2n) is 26.4. The maximum Gasteiger partial charge on any atom is 0.416 e. The number of hydrogen-bond donors (Lipinski definition) is 2. The Morgan fingerprint density at radius 2 is 1.26 bits per heavy atom. The van der Waals surface area contributed by atoms with Crippen molar-refractivity contribution in [3.05, 3.63) is 190 Å². The van der Waals surface area contributed by atoms with Crippen LogP contribution >= 0.6 is 37.2 Å². The highest BCUT2D eigenvalue weighted by molar-refractivity contribution is 5.95. The van der Waals surface area contributed by atoms with Crippen molar-refractivity contribution < 1.29 is 68.9 Å². The van der Waals surface area contributed by atoms with E-state index in [1.165, 1.54) is 29.8 Å². The molecule has 0 saturated carbocycles. The minimum Gasteiger partial charge on any atom is -0.446 e. The van der Waals surface area contributed by atoms with Crippen LogP contribution in [0.2, 0.25) is 0 Å². The fourth-order valence-electron chi connectivity index (χ4n) is 13.8. The van der Waals surface area contributed by atoms with Crippen LogP contribution in [0.25, 0.3) is 11.1 Å². The summed E-state index contributed by atoms with van der Waals surface area (Å²) in [6, 6.07) is 39.8. The summed E-state index contributed by atoms with van der Waals surface area (Å²) >= 11 is 0. The molecule has 1 aliphatic carbocycles. The zero-order chi connectivity index (χ0) is 69.6. The number of fused-ring (bicyclic) bond motifs is 2. The number of anilines is 2. The Hall–Kier alpha value is -7.51. The van der Waals surface area contributed by atoms with Gasteiger partial charge in [-0.15, -0.1) is 37.2 Å². The number of nitrogens with one attached hydrogen (secondary N) is 2. The summed E-state index contributed by atoms with van der Waals surface area (Å²) in [7, 11) is 5.34. The fraction of sp³-hybridized carbons (Fsp3) is 0.453. The van der Waals surface area contributed by atoms with Gasteiger partial charge in [0.15, 0.2) is 0 Å². The van der Waals surface area contributed by atoms with Crippen molar-refractivity contribution in [2.45, 2.75) is 113 Å². The van der Waals surface area contributed by atoms with Gasteiger partial charge in [0.2, 0.25) is 17.7 Å². The van der Waals surface area contributed by atoms with Crippen molar-refractivity contribution in [1.82, 2.24) is 29.4 Å². The molecule has 2 N–H and O–H groups in total. The normalized spacial score (nSPS) is 17.6. The highest BCUT2D eigenvalue weighted by atomic mass is 35.5. The molecular weight excluding hydrogens is 1380 g/mol. The number of rotatable bonds is 27. The minimum atomic E-state index is -5.15. The summed E-state index contributed by atoms with van der Waals surface area (Å²) in [5.41, 5.74) is 1.61. The van der Waals surface area contributed by atoms with Crippen molar-refractivity contribution in [3.63, 3.8) is 0 Å². The number of alkyl halides is 6. The second kappa shape index (κ2) is 36.6. The largest absolute Gasteiger partial charge is 0.446 e. The maximum atomic E-state index is 14.2. The molecule has 4 aliphatic rings. The molecule has 0 bridgehead atoms. The van der Waals surface area contributed by atoms with Crippen LogP contribution in [0.5, 0.6) is 0 Å². The molecule has 1 spiro atoms. The van der Waals surface area contributed by atoms with Crippen LogP contribution < -0.4 is 10.6 Å². The number of piperidine rings is 2. The third-order valence-corrected chi connectivity index (χ3v) is 19.8. The SMILES string of the molecule is CN(CCN1CCC(OC(=O)Nc2ccccc2-c2ccccc2)CC1)C(=O)CCCCCNc1ccc(CC(=O)N(C)CCCN(C)C(=O)CO[C@H]2Cc3ccccc3C23CCN(CC[C@@]2(c4ccc(F)cc4)CN(C(=O)c4cc(C(F)(F)F)cc(C(F)(F)F)c4)CO2)CC3)cc1.Cl.Cl.Cl. The number of nitrogens with zero attached hydrogens (tertiary/aromatic N) is 6. The number of halogens is 10. The zero-order valence-electron chi connectivity index (χ0n) is 57.0. The number of ether oxygens (including phenoxy) is 3. The smallest absolute Gasteiger partial charge is 0.416 e. The Morgan fingerprint density at radius 1 is 0.644 bits per heavy atom. The molecule has 3 heterocycles. The molecule has 10 rings (SSSR count). The molecule has 0 unspecified atom stereocenters. The molecule has 5 amide bonds. The molecule has 3 fully saturated rings. The summed E-state index contributed by atoms with van der Waals surface area (Å²) in [6.07, 6.45) is -3.66. The number of likely N-dealkylation sites (tertiary alicyclic amines) is 2. The number of carbonyl (C=O) groups excluding carboxylic acids is 5. The first-order valence-electron chi connectivity index (χ1n) is 33.8. The van der Waals surface area contributed by atoms with Gasteiger partial charge in [0.05, 0.1) is 35.9 Å². The van der Waals surface area contributed by atoms with Gasteiger partial charge in [-0.2, -0.15) is 26.3 Å². The number of amides is 5. The van der Waals surface area contributed by atoms with Crippen LogP contribution in [-0.4, -0.2) is 178 Å². The Kier molecular flexibility index (Phi) is 29.3. The van der Waals surface area contributed by atoms with Crippen LogP contribution in [0.3, 0.4) is 0 Å². The lowest BCUT2D eigenvalue weighted by atomic mass is 9.72. The minimum absolute atomic E-state index is 0. The third kappa shape index (κ3) is 21.3. The lowest BCUT2D eigenvalue weighted by Crippen LogP contribution is -2.50. The first-order valence-corrected chi connectivity index (χ1v) is 33.8. The third-order valence-electron chi connectivity index (χ3n) is 19.8. The van der Waals surface area contributed by atoms with E-state index in [0.29, 0.717) is 94.8 Å². The van der Waals surface area contributed by atoms with Crippen molar-refractivity contribution in [3.8, 4) is 11.1 Å². The van der Waals surface area contributed by atoms with Gasteiger partial charge < -0.3 is 48.9 Å². The molecule has 6 aromatic carbocycles.